The highest BCUT2D eigenvalue weighted by Crippen LogP contribution is 2.18. The maximum absolute atomic E-state index is 4.20. The summed E-state index contributed by atoms with van der Waals surface area (Å²) in [5.74, 6) is 0. The van der Waals surface area contributed by atoms with Gasteiger partial charge < -0.3 is 5.32 Å². The molecule has 3 rings (SSSR count). The zero-order valence-corrected chi connectivity index (χ0v) is 10.7. The lowest BCUT2D eigenvalue weighted by molar-refractivity contribution is 0.527. The van der Waals surface area contributed by atoms with Crippen molar-refractivity contribution < 1.29 is 0 Å². The van der Waals surface area contributed by atoms with Crippen LogP contribution in [0.2, 0.25) is 0 Å². The monoisotopic (exact) mass is 244 g/mol. The van der Waals surface area contributed by atoms with Crippen LogP contribution in [0.15, 0.2) is 24.3 Å². The maximum atomic E-state index is 4.20. The van der Waals surface area contributed by atoms with Crippen LogP contribution in [0.5, 0.6) is 0 Å². The van der Waals surface area contributed by atoms with Gasteiger partial charge in [-0.2, -0.15) is 0 Å². The number of aryl methyl sites for hydroxylation is 1. The molecular formula is C14H20N4. The Morgan fingerprint density at radius 2 is 2.06 bits per heavy atom. The van der Waals surface area contributed by atoms with Gasteiger partial charge in [-0.3, -0.25) is 0 Å². The Kier molecular flexibility index (Phi) is 3.55. The molecule has 0 saturated heterocycles. The molecule has 0 radical (unpaired) electrons. The highest BCUT2D eigenvalue weighted by Gasteiger charge is 2.19. The van der Waals surface area contributed by atoms with Crippen molar-refractivity contribution in [3.05, 3.63) is 24.3 Å². The number of aromatic nitrogens is 3. The van der Waals surface area contributed by atoms with Gasteiger partial charge >= 0.3 is 0 Å². The number of nitrogens with zero attached hydrogens (tertiary/aromatic N) is 3. The van der Waals surface area contributed by atoms with Crippen LogP contribution in [0.3, 0.4) is 0 Å². The van der Waals surface area contributed by atoms with Crippen LogP contribution >= 0.6 is 0 Å². The molecule has 0 bridgehead atoms. The fourth-order valence-corrected chi connectivity index (χ4v) is 2.24. The van der Waals surface area contributed by atoms with E-state index >= 15 is 0 Å². The molecule has 0 aliphatic heterocycles. The number of rotatable bonds is 7. The van der Waals surface area contributed by atoms with Crippen LogP contribution in [0.1, 0.15) is 32.1 Å². The molecule has 0 unspecified atom stereocenters. The van der Waals surface area contributed by atoms with Crippen LogP contribution in [0.4, 0.5) is 0 Å². The quantitative estimate of drug-likeness (QED) is 0.760. The van der Waals surface area contributed by atoms with Gasteiger partial charge in [-0.1, -0.05) is 23.8 Å². The Morgan fingerprint density at radius 3 is 2.94 bits per heavy atom. The topological polar surface area (TPSA) is 42.7 Å². The minimum atomic E-state index is 0.837. The van der Waals surface area contributed by atoms with Gasteiger partial charge in [0.15, 0.2) is 0 Å². The lowest BCUT2D eigenvalue weighted by Gasteiger charge is -2.03. The molecule has 1 aliphatic carbocycles. The number of unbranched alkanes of at least 4 members (excludes halogenated alkanes) is 2. The summed E-state index contributed by atoms with van der Waals surface area (Å²) in [6, 6.07) is 8.99. The highest BCUT2D eigenvalue weighted by molar-refractivity contribution is 5.73. The molecule has 1 fully saturated rings. The van der Waals surface area contributed by atoms with Gasteiger partial charge in [-0.25, -0.2) is 4.68 Å². The molecule has 1 aromatic carbocycles. The third-order valence-electron chi connectivity index (χ3n) is 3.48. The summed E-state index contributed by atoms with van der Waals surface area (Å²) in [6.07, 6.45) is 6.46. The molecule has 2 aromatic rings. The number of hydrogen-bond acceptors (Lipinski definition) is 3. The van der Waals surface area contributed by atoms with Crippen LogP contribution in [0.25, 0.3) is 11.0 Å². The van der Waals surface area contributed by atoms with Gasteiger partial charge in [0.2, 0.25) is 0 Å². The highest BCUT2D eigenvalue weighted by atomic mass is 15.4. The van der Waals surface area contributed by atoms with Gasteiger partial charge in [0.05, 0.1) is 5.52 Å². The molecule has 0 atom stereocenters. The summed E-state index contributed by atoms with van der Waals surface area (Å²) < 4.78 is 2.02. The second-order valence-electron chi connectivity index (χ2n) is 5.09. The number of nitrogens with one attached hydrogen (secondary N) is 1. The lowest BCUT2D eigenvalue weighted by atomic mass is 10.2. The van der Waals surface area contributed by atoms with Gasteiger partial charge in [0.25, 0.3) is 0 Å². The van der Waals surface area contributed by atoms with Crippen molar-refractivity contribution in [3.8, 4) is 0 Å². The Morgan fingerprint density at radius 1 is 1.17 bits per heavy atom. The average molecular weight is 244 g/mol. The second kappa shape index (κ2) is 5.48. The summed E-state index contributed by atoms with van der Waals surface area (Å²) in [6.45, 7) is 2.15. The largest absolute Gasteiger partial charge is 0.314 e. The molecular weight excluding hydrogens is 224 g/mol. The number of hydrogen-bond donors (Lipinski definition) is 1. The summed E-state index contributed by atoms with van der Waals surface area (Å²) in [7, 11) is 0. The SMILES string of the molecule is c1ccc2c(c1)nnn2CCCCCNC1CC1. The van der Waals surface area contributed by atoms with Crippen molar-refractivity contribution in [1.82, 2.24) is 20.3 Å². The molecule has 0 amide bonds. The van der Waals surface area contributed by atoms with Crippen LogP contribution in [-0.4, -0.2) is 27.6 Å². The predicted molar refractivity (Wildman–Crippen MR) is 72.4 cm³/mol. The Hall–Kier alpha value is -1.42. The van der Waals surface area contributed by atoms with E-state index in [-0.39, 0.29) is 0 Å². The normalized spacial score (nSPS) is 15.3. The fraction of sp³-hybridized carbons (Fsp3) is 0.571. The standard InChI is InChI=1S/C14H20N4/c1(4-10-15-12-8-9-12)5-11-18-14-7-3-2-6-13(14)16-17-18/h2-3,6-7,12,15H,1,4-5,8-11H2. The van der Waals surface area contributed by atoms with E-state index in [2.05, 4.69) is 21.7 Å². The van der Waals surface area contributed by atoms with E-state index in [0.717, 1.165) is 23.6 Å². The summed E-state index contributed by atoms with van der Waals surface area (Å²) in [5, 5.41) is 11.9. The molecule has 96 valence electrons. The Labute approximate surface area is 107 Å². The van der Waals surface area contributed by atoms with E-state index in [9.17, 15) is 0 Å². The maximum Gasteiger partial charge on any atom is 0.113 e. The van der Waals surface area contributed by atoms with Crippen LogP contribution in [-0.2, 0) is 6.54 Å². The molecule has 1 aromatic heterocycles. The third kappa shape index (κ3) is 2.88. The van der Waals surface area contributed by atoms with Crippen molar-refractivity contribution in [2.24, 2.45) is 0 Å². The van der Waals surface area contributed by atoms with E-state index in [0.29, 0.717) is 0 Å². The number of para-hydroxylation sites is 1. The fourth-order valence-electron chi connectivity index (χ4n) is 2.24. The van der Waals surface area contributed by atoms with E-state index in [1.165, 1.54) is 38.6 Å². The van der Waals surface area contributed by atoms with Crippen molar-refractivity contribution >= 4 is 11.0 Å². The van der Waals surface area contributed by atoms with E-state index in [1.807, 2.05) is 22.9 Å². The third-order valence-corrected chi connectivity index (χ3v) is 3.48. The van der Waals surface area contributed by atoms with Crippen LogP contribution in [0, 0.1) is 0 Å². The first kappa shape index (κ1) is 11.7. The number of benzene rings is 1. The molecule has 1 saturated carbocycles. The van der Waals surface area contributed by atoms with Crippen molar-refractivity contribution in [2.75, 3.05) is 6.54 Å². The smallest absolute Gasteiger partial charge is 0.113 e. The average Bonchev–Trinajstić information content (AvgIpc) is 3.14. The minimum Gasteiger partial charge on any atom is -0.314 e. The van der Waals surface area contributed by atoms with Gasteiger partial charge in [-0.15, -0.1) is 5.10 Å². The molecule has 18 heavy (non-hydrogen) atoms. The van der Waals surface area contributed by atoms with E-state index in [1.54, 1.807) is 0 Å². The molecule has 0 spiro atoms. The molecule has 1 heterocycles. The summed E-state index contributed by atoms with van der Waals surface area (Å²) in [5.41, 5.74) is 2.14. The van der Waals surface area contributed by atoms with E-state index < -0.39 is 0 Å². The van der Waals surface area contributed by atoms with Gasteiger partial charge in [-0.05, 0) is 44.4 Å². The Bertz CT molecular complexity index is 501. The zero-order chi connectivity index (χ0) is 12.2. The first-order valence-corrected chi connectivity index (χ1v) is 6.95. The van der Waals surface area contributed by atoms with Crippen molar-refractivity contribution in [1.29, 1.82) is 0 Å². The van der Waals surface area contributed by atoms with Gasteiger partial charge in [0, 0.05) is 12.6 Å². The first-order valence-electron chi connectivity index (χ1n) is 6.95. The zero-order valence-electron chi connectivity index (χ0n) is 10.7. The number of fused-ring (bicyclic) bond motifs is 1. The second-order valence-corrected chi connectivity index (χ2v) is 5.09. The summed E-state index contributed by atoms with van der Waals surface area (Å²) in [4.78, 5) is 0. The molecule has 1 aliphatic rings. The lowest BCUT2D eigenvalue weighted by Crippen LogP contribution is -2.17. The Balaban J connectivity index is 1.41. The van der Waals surface area contributed by atoms with Gasteiger partial charge in [0.1, 0.15) is 5.52 Å². The van der Waals surface area contributed by atoms with Crippen molar-refractivity contribution in [3.63, 3.8) is 0 Å². The minimum absolute atomic E-state index is 0.837. The van der Waals surface area contributed by atoms with Crippen LogP contribution < -0.4 is 5.32 Å². The molecule has 4 nitrogen and oxygen atoms in total. The van der Waals surface area contributed by atoms with Crippen molar-refractivity contribution in [2.45, 2.75) is 44.7 Å². The first-order chi connectivity index (χ1) is 8.93. The predicted octanol–water partition coefficient (Wildman–Crippen LogP) is 2.35. The molecule has 4 heteroatoms. The molecule has 1 N–H and O–H groups in total. The van der Waals surface area contributed by atoms with E-state index in [4.69, 9.17) is 0 Å². The summed E-state index contributed by atoms with van der Waals surface area (Å²) >= 11 is 0.